The number of rotatable bonds is 4. The molecule has 0 unspecified atom stereocenters. The molecule has 1 N–H and O–H groups in total. The molecule has 1 saturated carbocycles. The first kappa shape index (κ1) is 15.4. The van der Waals surface area contributed by atoms with Crippen LogP contribution in [-0.4, -0.2) is 35.3 Å². The molecule has 0 spiro atoms. The molecule has 5 heteroatoms. The number of benzene rings is 1. The standard InChI is InChI=1S/C19H23N3O2/c1-13-20-16-10-24-17-6-4-3-5-14(17)9-15(16)18(21-13)22(2)11-19(12-23)7-8-19/h3-6,23H,7-12H2,1-2H3. The number of para-hydroxylation sites is 1. The van der Waals surface area contributed by atoms with E-state index >= 15 is 0 Å². The van der Waals surface area contributed by atoms with Gasteiger partial charge in [0, 0.05) is 31.0 Å². The minimum absolute atomic E-state index is 0.0552. The number of aryl methyl sites for hydroxylation is 1. The molecule has 126 valence electrons. The number of aliphatic hydroxyl groups excluding tert-OH is 1. The van der Waals surface area contributed by atoms with Gasteiger partial charge < -0.3 is 14.7 Å². The minimum Gasteiger partial charge on any atom is -0.487 e. The second-order valence-electron chi connectivity index (χ2n) is 7.11. The molecule has 0 radical (unpaired) electrons. The van der Waals surface area contributed by atoms with Gasteiger partial charge in [0.05, 0.1) is 12.3 Å². The monoisotopic (exact) mass is 325 g/mol. The molecule has 0 atom stereocenters. The highest BCUT2D eigenvalue weighted by Gasteiger charge is 2.43. The van der Waals surface area contributed by atoms with Gasteiger partial charge in [0.1, 0.15) is 24.0 Å². The van der Waals surface area contributed by atoms with Crippen molar-refractivity contribution >= 4 is 5.82 Å². The van der Waals surface area contributed by atoms with Crippen LogP contribution in [0.2, 0.25) is 0 Å². The van der Waals surface area contributed by atoms with Crippen LogP contribution in [0.15, 0.2) is 24.3 Å². The number of hydrogen-bond donors (Lipinski definition) is 1. The van der Waals surface area contributed by atoms with Gasteiger partial charge in [-0.05, 0) is 31.4 Å². The van der Waals surface area contributed by atoms with Gasteiger partial charge in [0.15, 0.2) is 0 Å². The van der Waals surface area contributed by atoms with Gasteiger partial charge in [0.25, 0.3) is 0 Å². The second-order valence-corrected chi connectivity index (χ2v) is 7.11. The van der Waals surface area contributed by atoms with E-state index in [0.717, 1.165) is 54.5 Å². The van der Waals surface area contributed by atoms with Crippen LogP contribution in [0, 0.1) is 12.3 Å². The molecule has 0 saturated heterocycles. The fraction of sp³-hybridized carbons (Fsp3) is 0.474. The van der Waals surface area contributed by atoms with Crippen LogP contribution < -0.4 is 9.64 Å². The molecule has 1 aliphatic heterocycles. The molecule has 1 aromatic heterocycles. The Hall–Kier alpha value is -2.14. The molecule has 4 rings (SSSR count). The zero-order valence-corrected chi connectivity index (χ0v) is 14.2. The Labute approximate surface area is 142 Å². The lowest BCUT2D eigenvalue weighted by Crippen LogP contribution is -2.31. The quantitative estimate of drug-likeness (QED) is 0.936. The first-order valence-corrected chi connectivity index (χ1v) is 8.49. The summed E-state index contributed by atoms with van der Waals surface area (Å²) in [4.78, 5) is 11.5. The highest BCUT2D eigenvalue weighted by atomic mass is 16.5. The third-order valence-electron chi connectivity index (χ3n) is 5.11. The van der Waals surface area contributed by atoms with Crippen LogP contribution in [0.3, 0.4) is 0 Å². The fourth-order valence-electron chi connectivity index (χ4n) is 3.50. The Bertz CT molecular complexity index is 771. The van der Waals surface area contributed by atoms with Crippen LogP contribution in [0.25, 0.3) is 0 Å². The lowest BCUT2D eigenvalue weighted by atomic mass is 10.0. The Balaban J connectivity index is 1.72. The van der Waals surface area contributed by atoms with E-state index in [2.05, 4.69) is 23.0 Å². The third kappa shape index (κ3) is 2.73. The molecule has 24 heavy (non-hydrogen) atoms. The predicted molar refractivity (Wildman–Crippen MR) is 92.4 cm³/mol. The molecule has 0 amide bonds. The Morgan fingerprint density at radius 1 is 1.25 bits per heavy atom. The average molecular weight is 325 g/mol. The summed E-state index contributed by atoms with van der Waals surface area (Å²) in [5.41, 5.74) is 3.33. The maximum atomic E-state index is 9.64. The highest BCUT2D eigenvalue weighted by Crippen LogP contribution is 2.46. The van der Waals surface area contributed by atoms with Crippen LogP contribution in [0.1, 0.15) is 35.5 Å². The Kier molecular flexibility index (Phi) is 3.68. The van der Waals surface area contributed by atoms with Crippen LogP contribution >= 0.6 is 0 Å². The molecule has 1 fully saturated rings. The van der Waals surface area contributed by atoms with E-state index in [1.165, 1.54) is 5.56 Å². The third-order valence-corrected chi connectivity index (χ3v) is 5.11. The highest BCUT2D eigenvalue weighted by molar-refractivity contribution is 5.53. The number of fused-ring (bicyclic) bond motifs is 2. The molecule has 1 aliphatic carbocycles. The van der Waals surface area contributed by atoms with E-state index in [9.17, 15) is 5.11 Å². The second kappa shape index (κ2) is 5.74. The van der Waals surface area contributed by atoms with Gasteiger partial charge >= 0.3 is 0 Å². The normalized spacial score (nSPS) is 17.3. The molecule has 1 aromatic carbocycles. The van der Waals surface area contributed by atoms with E-state index in [0.29, 0.717) is 6.61 Å². The summed E-state index contributed by atoms with van der Waals surface area (Å²) in [5.74, 6) is 2.66. The van der Waals surface area contributed by atoms with E-state index in [1.54, 1.807) is 0 Å². The zero-order chi connectivity index (χ0) is 16.7. The van der Waals surface area contributed by atoms with Crippen molar-refractivity contribution in [3.63, 3.8) is 0 Å². The van der Waals surface area contributed by atoms with Gasteiger partial charge in [-0.1, -0.05) is 18.2 Å². The lowest BCUT2D eigenvalue weighted by Gasteiger charge is -2.26. The predicted octanol–water partition coefficient (Wildman–Crippen LogP) is 2.48. The average Bonchev–Trinajstić information content (AvgIpc) is 3.37. The van der Waals surface area contributed by atoms with Crippen LogP contribution in [-0.2, 0) is 13.0 Å². The number of hydrogen-bond acceptors (Lipinski definition) is 5. The number of aliphatic hydroxyl groups is 1. The molecular formula is C19H23N3O2. The van der Waals surface area contributed by atoms with E-state index in [-0.39, 0.29) is 12.0 Å². The lowest BCUT2D eigenvalue weighted by molar-refractivity contribution is 0.215. The molecule has 2 aliphatic rings. The summed E-state index contributed by atoms with van der Waals surface area (Å²) in [6, 6.07) is 8.15. The number of nitrogens with zero attached hydrogens (tertiary/aromatic N) is 3. The van der Waals surface area contributed by atoms with Gasteiger partial charge in [0.2, 0.25) is 0 Å². The summed E-state index contributed by atoms with van der Waals surface area (Å²) >= 11 is 0. The summed E-state index contributed by atoms with van der Waals surface area (Å²) in [6.45, 7) is 3.47. The van der Waals surface area contributed by atoms with Crippen molar-refractivity contribution in [1.82, 2.24) is 9.97 Å². The number of anilines is 1. The molecule has 0 bridgehead atoms. The van der Waals surface area contributed by atoms with Crippen LogP contribution in [0.4, 0.5) is 5.82 Å². The minimum atomic E-state index is 0.0552. The summed E-state index contributed by atoms with van der Waals surface area (Å²) in [6.07, 6.45) is 2.95. The summed E-state index contributed by atoms with van der Waals surface area (Å²) in [5, 5.41) is 9.64. The van der Waals surface area contributed by atoms with Crippen molar-refractivity contribution in [1.29, 1.82) is 0 Å². The van der Waals surface area contributed by atoms with Crippen molar-refractivity contribution in [3.05, 3.63) is 46.9 Å². The van der Waals surface area contributed by atoms with Crippen molar-refractivity contribution in [2.45, 2.75) is 32.8 Å². The van der Waals surface area contributed by atoms with Crippen LogP contribution in [0.5, 0.6) is 5.75 Å². The molecular weight excluding hydrogens is 302 g/mol. The van der Waals surface area contributed by atoms with E-state index in [4.69, 9.17) is 9.72 Å². The molecule has 5 nitrogen and oxygen atoms in total. The molecule has 2 heterocycles. The van der Waals surface area contributed by atoms with Gasteiger partial charge in [-0.2, -0.15) is 0 Å². The largest absolute Gasteiger partial charge is 0.487 e. The molecule has 2 aromatic rings. The van der Waals surface area contributed by atoms with E-state index < -0.39 is 0 Å². The fourth-order valence-corrected chi connectivity index (χ4v) is 3.50. The van der Waals surface area contributed by atoms with Crippen molar-refractivity contribution in [3.8, 4) is 5.75 Å². The van der Waals surface area contributed by atoms with E-state index in [1.807, 2.05) is 25.1 Å². The van der Waals surface area contributed by atoms with Crippen molar-refractivity contribution in [2.75, 3.05) is 25.1 Å². The summed E-state index contributed by atoms with van der Waals surface area (Å²) < 4.78 is 5.95. The van der Waals surface area contributed by atoms with Gasteiger partial charge in [-0.15, -0.1) is 0 Å². The smallest absolute Gasteiger partial charge is 0.136 e. The number of aromatic nitrogens is 2. The van der Waals surface area contributed by atoms with Gasteiger partial charge in [-0.25, -0.2) is 9.97 Å². The first-order chi connectivity index (χ1) is 11.6. The Morgan fingerprint density at radius 3 is 2.79 bits per heavy atom. The maximum absolute atomic E-state index is 9.64. The zero-order valence-electron chi connectivity index (χ0n) is 14.2. The number of ether oxygens (including phenoxy) is 1. The first-order valence-electron chi connectivity index (χ1n) is 8.49. The SMILES string of the molecule is Cc1nc2c(c(N(C)CC3(CO)CC3)n1)Cc1ccccc1OC2. The topological polar surface area (TPSA) is 58.5 Å². The maximum Gasteiger partial charge on any atom is 0.136 e. The van der Waals surface area contributed by atoms with Crippen molar-refractivity contribution in [2.24, 2.45) is 5.41 Å². The Morgan fingerprint density at radius 2 is 2.04 bits per heavy atom. The summed E-state index contributed by atoms with van der Waals surface area (Å²) in [7, 11) is 2.06. The van der Waals surface area contributed by atoms with Gasteiger partial charge in [-0.3, -0.25) is 0 Å². The van der Waals surface area contributed by atoms with Crippen molar-refractivity contribution < 1.29 is 9.84 Å².